The van der Waals surface area contributed by atoms with Crippen LogP contribution in [-0.4, -0.2) is 30.4 Å². The monoisotopic (exact) mass is 223 g/mol. The molecule has 0 atom stereocenters. The van der Waals surface area contributed by atoms with Crippen molar-refractivity contribution in [3.63, 3.8) is 0 Å². The van der Waals surface area contributed by atoms with Crippen molar-refractivity contribution in [3.8, 4) is 0 Å². The lowest BCUT2D eigenvalue weighted by Gasteiger charge is -2.28. The number of ether oxygens (including phenoxy) is 1. The average Bonchev–Trinajstić information content (AvgIpc) is 2.22. The fourth-order valence-corrected chi connectivity index (χ4v) is 1.60. The fourth-order valence-electron chi connectivity index (χ4n) is 1.60. The molecule has 0 saturated heterocycles. The van der Waals surface area contributed by atoms with Crippen molar-refractivity contribution in [2.45, 2.75) is 25.9 Å². The Morgan fingerprint density at radius 3 is 2.56 bits per heavy atom. The lowest BCUT2D eigenvalue weighted by Crippen LogP contribution is -2.35. The van der Waals surface area contributed by atoms with Crippen LogP contribution in [-0.2, 0) is 14.3 Å². The Labute approximate surface area is 95.4 Å². The summed E-state index contributed by atoms with van der Waals surface area (Å²) in [4.78, 5) is 21.8. The van der Waals surface area contributed by atoms with E-state index in [1.807, 2.05) is 6.92 Å². The van der Waals surface area contributed by atoms with Gasteiger partial charge >= 0.3 is 0 Å². The van der Waals surface area contributed by atoms with Gasteiger partial charge in [0.05, 0.1) is 0 Å². The number of carbonyl (C=O) groups excluding carboxylic acids is 2. The lowest BCUT2D eigenvalue weighted by atomic mass is 9.93. The maximum atomic E-state index is 11.0. The minimum atomic E-state index is -0.550. The van der Waals surface area contributed by atoms with Gasteiger partial charge in [0.2, 0.25) is 5.91 Å². The normalized spacial score (nSPS) is 17.5. The summed E-state index contributed by atoms with van der Waals surface area (Å²) < 4.78 is 5.62. The number of hydrogen-bond acceptors (Lipinski definition) is 3. The largest absolute Gasteiger partial charge is 0.367 e. The maximum absolute atomic E-state index is 11.0. The van der Waals surface area contributed by atoms with Crippen molar-refractivity contribution in [2.75, 3.05) is 13.2 Å². The number of ketones is 1. The second-order valence-corrected chi connectivity index (χ2v) is 3.69. The molecule has 0 unspecified atom stereocenters. The molecule has 0 aromatic rings. The quantitative estimate of drug-likeness (QED) is 0.756. The van der Waals surface area contributed by atoms with E-state index in [0.29, 0.717) is 19.6 Å². The lowest BCUT2D eigenvalue weighted by molar-refractivity contribution is -0.119. The van der Waals surface area contributed by atoms with E-state index in [1.165, 1.54) is 19.1 Å². The Kier molecular flexibility index (Phi) is 4.43. The fraction of sp³-hybridized carbons (Fsp3) is 0.500. The van der Waals surface area contributed by atoms with E-state index in [0.717, 1.165) is 0 Å². The summed E-state index contributed by atoms with van der Waals surface area (Å²) in [6, 6.07) is 0. The maximum Gasteiger partial charge on any atom is 0.216 e. The Morgan fingerprint density at radius 1 is 1.44 bits per heavy atom. The zero-order chi connectivity index (χ0) is 12.0. The molecule has 0 radical (unpaired) electrons. The van der Waals surface area contributed by atoms with Gasteiger partial charge in [-0.15, -0.1) is 0 Å². The van der Waals surface area contributed by atoms with Gasteiger partial charge in [0.25, 0.3) is 0 Å². The zero-order valence-corrected chi connectivity index (χ0v) is 9.66. The molecule has 16 heavy (non-hydrogen) atoms. The van der Waals surface area contributed by atoms with Crippen molar-refractivity contribution >= 4 is 11.7 Å². The highest BCUT2D eigenvalue weighted by atomic mass is 16.5. The van der Waals surface area contributed by atoms with Gasteiger partial charge in [0.1, 0.15) is 5.60 Å². The van der Waals surface area contributed by atoms with Crippen molar-refractivity contribution in [3.05, 3.63) is 24.3 Å². The molecule has 1 rings (SSSR count). The Balaban J connectivity index is 2.59. The molecular formula is C12H17NO3. The molecule has 4 heteroatoms. The van der Waals surface area contributed by atoms with Crippen LogP contribution >= 0.6 is 0 Å². The van der Waals surface area contributed by atoms with Crippen molar-refractivity contribution in [2.24, 2.45) is 0 Å². The van der Waals surface area contributed by atoms with Crippen LogP contribution in [0.15, 0.2) is 24.3 Å². The molecular weight excluding hydrogens is 206 g/mol. The van der Waals surface area contributed by atoms with E-state index in [1.54, 1.807) is 12.2 Å². The van der Waals surface area contributed by atoms with Gasteiger partial charge in [0, 0.05) is 26.5 Å². The van der Waals surface area contributed by atoms with E-state index in [2.05, 4.69) is 5.32 Å². The van der Waals surface area contributed by atoms with Gasteiger partial charge in [-0.1, -0.05) is 0 Å². The molecule has 1 amide bonds. The van der Waals surface area contributed by atoms with Crippen LogP contribution in [0, 0.1) is 0 Å². The predicted molar refractivity (Wildman–Crippen MR) is 60.9 cm³/mol. The first kappa shape index (κ1) is 12.6. The highest BCUT2D eigenvalue weighted by molar-refractivity contribution is 6.00. The number of amides is 1. The van der Waals surface area contributed by atoms with E-state index in [4.69, 9.17) is 4.74 Å². The van der Waals surface area contributed by atoms with Gasteiger partial charge < -0.3 is 10.1 Å². The third-order valence-electron chi connectivity index (χ3n) is 2.36. The number of carbonyl (C=O) groups is 2. The molecule has 1 aliphatic rings. The average molecular weight is 223 g/mol. The molecule has 88 valence electrons. The Hall–Kier alpha value is -1.42. The van der Waals surface area contributed by atoms with Gasteiger partial charge in [-0.25, -0.2) is 0 Å². The van der Waals surface area contributed by atoms with E-state index >= 15 is 0 Å². The second kappa shape index (κ2) is 5.61. The molecule has 0 aromatic heterocycles. The van der Waals surface area contributed by atoms with Crippen molar-refractivity contribution in [1.82, 2.24) is 5.32 Å². The number of hydrogen-bond donors (Lipinski definition) is 1. The third-order valence-corrected chi connectivity index (χ3v) is 2.36. The molecule has 0 aromatic carbocycles. The molecule has 0 bridgehead atoms. The number of rotatable bonds is 5. The first-order valence-electron chi connectivity index (χ1n) is 5.39. The van der Waals surface area contributed by atoms with Crippen LogP contribution in [0.25, 0.3) is 0 Å². The summed E-state index contributed by atoms with van der Waals surface area (Å²) in [5, 5.41) is 2.72. The molecule has 0 spiro atoms. The Morgan fingerprint density at radius 2 is 2.06 bits per heavy atom. The van der Waals surface area contributed by atoms with Gasteiger partial charge in [-0.3, -0.25) is 9.59 Å². The first-order valence-corrected chi connectivity index (χ1v) is 5.39. The molecule has 4 nitrogen and oxygen atoms in total. The van der Waals surface area contributed by atoms with E-state index in [-0.39, 0.29) is 11.7 Å². The minimum absolute atomic E-state index is 0.0325. The minimum Gasteiger partial charge on any atom is -0.367 e. The SMILES string of the molecule is CCOC1(CCNC(C)=O)C=CC(=O)C=C1. The summed E-state index contributed by atoms with van der Waals surface area (Å²) in [6.07, 6.45) is 7.13. The summed E-state index contributed by atoms with van der Waals surface area (Å²) >= 11 is 0. The van der Waals surface area contributed by atoms with Gasteiger partial charge in [-0.05, 0) is 31.2 Å². The van der Waals surface area contributed by atoms with Crippen LogP contribution in [0.5, 0.6) is 0 Å². The van der Waals surface area contributed by atoms with Crippen LogP contribution in [0.4, 0.5) is 0 Å². The highest BCUT2D eigenvalue weighted by Crippen LogP contribution is 2.22. The number of allylic oxidation sites excluding steroid dienone is 2. The molecule has 0 fully saturated rings. The standard InChI is InChI=1S/C12H17NO3/c1-3-16-12(8-9-13-10(2)14)6-4-11(15)5-7-12/h4-7H,3,8-9H2,1-2H3,(H,13,14). The third kappa shape index (κ3) is 3.62. The molecule has 1 aliphatic carbocycles. The van der Waals surface area contributed by atoms with Crippen molar-refractivity contribution < 1.29 is 14.3 Å². The summed E-state index contributed by atoms with van der Waals surface area (Å²) in [5.74, 6) is -0.0960. The van der Waals surface area contributed by atoms with E-state index < -0.39 is 5.60 Å². The van der Waals surface area contributed by atoms with Crippen molar-refractivity contribution in [1.29, 1.82) is 0 Å². The van der Waals surface area contributed by atoms with Crippen LogP contribution < -0.4 is 5.32 Å². The zero-order valence-electron chi connectivity index (χ0n) is 9.66. The molecule has 0 heterocycles. The van der Waals surface area contributed by atoms with Crippen LogP contribution in [0.3, 0.4) is 0 Å². The summed E-state index contributed by atoms with van der Waals surface area (Å²) in [6.45, 7) is 4.46. The summed E-state index contributed by atoms with van der Waals surface area (Å²) in [5.41, 5.74) is -0.550. The molecule has 1 N–H and O–H groups in total. The first-order chi connectivity index (χ1) is 7.58. The van der Waals surface area contributed by atoms with Gasteiger partial charge in [-0.2, -0.15) is 0 Å². The van der Waals surface area contributed by atoms with Gasteiger partial charge in [0.15, 0.2) is 5.78 Å². The van der Waals surface area contributed by atoms with Crippen LogP contribution in [0.2, 0.25) is 0 Å². The summed E-state index contributed by atoms with van der Waals surface area (Å²) in [7, 11) is 0. The molecule has 0 saturated carbocycles. The highest BCUT2D eigenvalue weighted by Gasteiger charge is 2.26. The number of nitrogens with one attached hydrogen (secondary N) is 1. The Bertz CT molecular complexity index is 315. The smallest absolute Gasteiger partial charge is 0.216 e. The molecule has 0 aliphatic heterocycles. The topological polar surface area (TPSA) is 55.4 Å². The second-order valence-electron chi connectivity index (χ2n) is 3.69. The predicted octanol–water partition coefficient (Wildman–Crippen LogP) is 0.983. The van der Waals surface area contributed by atoms with E-state index in [9.17, 15) is 9.59 Å². The van der Waals surface area contributed by atoms with Crippen LogP contribution in [0.1, 0.15) is 20.3 Å².